The molecule has 0 fully saturated rings. The summed E-state index contributed by atoms with van der Waals surface area (Å²) in [4.78, 5) is 16.7. The molecule has 4 radical (unpaired) electrons. The van der Waals surface area contributed by atoms with E-state index in [0.29, 0.717) is 0 Å². The van der Waals surface area contributed by atoms with Gasteiger partial charge in [-0.2, -0.15) is 0 Å². The maximum atomic E-state index is 8.35. The van der Waals surface area contributed by atoms with Gasteiger partial charge in [0.25, 0.3) is 0 Å². The minimum Gasteiger partial charge on any atom is -0.222 e. The number of carbonyl (C=O) groups excluding carboxylic acids is 2. The van der Waals surface area contributed by atoms with Gasteiger partial charge in [0, 0.05) is 11.0 Å². The molecule has 98 valence electrons. The van der Waals surface area contributed by atoms with E-state index in [-0.39, 0.29) is 11.0 Å². The summed E-state index contributed by atoms with van der Waals surface area (Å²) in [7, 11) is 0. The second kappa shape index (κ2) is 8.51. The quantitative estimate of drug-likeness (QED) is 0.377. The van der Waals surface area contributed by atoms with E-state index in [1.165, 1.54) is 27.8 Å². The third kappa shape index (κ3) is 3.46. The van der Waals surface area contributed by atoms with Crippen molar-refractivity contribution in [1.29, 1.82) is 10.8 Å². The van der Waals surface area contributed by atoms with Gasteiger partial charge in [-0.3, -0.25) is 0 Å². The fourth-order valence-electron chi connectivity index (χ4n) is 2.12. The van der Waals surface area contributed by atoms with Crippen molar-refractivity contribution in [3.8, 4) is 22.3 Å². The second-order valence-corrected chi connectivity index (χ2v) is 3.75. The Balaban J connectivity index is 0.000000452. The third-order valence-corrected chi connectivity index (χ3v) is 2.76. The molecule has 3 rings (SSSR count). The second-order valence-electron chi connectivity index (χ2n) is 3.75. The maximum absolute atomic E-state index is 8.35. The molecule has 1 aliphatic carbocycles. The van der Waals surface area contributed by atoms with Crippen LogP contribution >= 0.6 is 0 Å². The van der Waals surface area contributed by atoms with E-state index >= 15 is 0 Å². The molecule has 0 aromatic heterocycles. The largest absolute Gasteiger partial charge is 0.231 e. The topological polar surface area (TPSA) is 81.8 Å². The van der Waals surface area contributed by atoms with Crippen LogP contribution in [-0.4, -0.2) is 23.1 Å². The van der Waals surface area contributed by atoms with E-state index in [4.69, 9.17) is 20.4 Å². The number of fused-ring (bicyclic) bond motifs is 4. The van der Waals surface area contributed by atoms with Crippen LogP contribution in [0.25, 0.3) is 22.3 Å². The van der Waals surface area contributed by atoms with Crippen molar-refractivity contribution < 1.29 is 9.59 Å². The van der Waals surface area contributed by atoms with Crippen molar-refractivity contribution in [2.45, 2.75) is 6.92 Å². The van der Waals surface area contributed by atoms with E-state index in [2.05, 4.69) is 49.4 Å². The first-order valence-corrected chi connectivity index (χ1v) is 5.48. The van der Waals surface area contributed by atoms with Gasteiger partial charge in [-0.1, -0.05) is 42.5 Å². The summed E-state index contributed by atoms with van der Waals surface area (Å²) < 4.78 is 0. The molecule has 0 bridgehead atoms. The predicted octanol–water partition coefficient (Wildman–Crippen LogP) is 3.06. The molecule has 0 aliphatic heterocycles. The lowest BCUT2D eigenvalue weighted by molar-refractivity contribution is 0.562. The van der Waals surface area contributed by atoms with E-state index in [0.717, 1.165) is 12.2 Å². The highest BCUT2D eigenvalue weighted by molar-refractivity contribution is 6.03. The number of benzene rings is 2. The van der Waals surface area contributed by atoms with Crippen molar-refractivity contribution in [2.75, 3.05) is 0 Å². The maximum Gasteiger partial charge on any atom is 0.231 e. The average Bonchev–Trinajstić information content (AvgIpc) is 2.37. The molecule has 20 heavy (non-hydrogen) atoms. The first kappa shape index (κ1) is 17.4. The predicted molar refractivity (Wildman–Crippen MR) is 78.2 cm³/mol. The van der Waals surface area contributed by atoms with Gasteiger partial charge >= 0.3 is 0 Å². The summed E-state index contributed by atoms with van der Waals surface area (Å²) in [6.07, 6.45) is 1.50. The van der Waals surface area contributed by atoms with Crippen LogP contribution in [0.5, 0.6) is 0 Å². The van der Waals surface area contributed by atoms with Gasteiger partial charge in [-0.15, -0.1) is 0 Å². The number of aryl methyl sites for hydroxylation is 1. The van der Waals surface area contributed by atoms with Crippen molar-refractivity contribution in [3.05, 3.63) is 48.0 Å². The van der Waals surface area contributed by atoms with Gasteiger partial charge in [-0.25, -0.2) is 20.4 Å². The standard InChI is InChI=1S/C13H10.2CHNO.Si/c1-9-5-4-8-12-10-6-2-3-7-11(10)13(9)12;2*2-1-3;/h2-8H,1H3;2*2H;. The number of hydrogen-bond acceptors (Lipinski definition) is 4. The van der Waals surface area contributed by atoms with E-state index in [9.17, 15) is 0 Å². The zero-order valence-electron chi connectivity index (χ0n) is 10.9. The highest BCUT2D eigenvalue weighted by Gasteiger charge is 2.22. The monoisotopic (exact) mass is 280 g/mol. The highest BCUT2D eigenvalue weighted by atomic mass is 28.1. The van der Waals surface area contributed by atoms with Crippen molar-refractivity contribution in [3.63, 3.8) is 0 Å². The number of nitrogens with one attached hydrogen (secondary N) is 2. The molecule has 0 saturated carbocycles. The van der Waals surface area contributed by atoms with E-state index in [1.807, 2.05) is 0 Å². The molecule has 2 N–H and O–H groups in total. The number of hydrogen-bond donors (Lipinski definition) is 2. The van der Waals surface area contributed by atoms with Crippen molar-refractivity contribution in [2.24, 2.45) is 0 Å². The molecule has 2 aromatic rings. The van der Waals surface area contributed by atoms with Crippen LogP contribution in [0.4, 0.5) is 0 Å². The summed E-state index contributed by atoms with van der Waals surface area (Å²) >= 11 is 0. The minimum absolute atomic E-state index is 0. The Bertz CT molecular complexity index is 645. The van der Waals surface area contributed by atoms with Crippen LogP contribution in [0.15, 0.2) is 42.5 Å². The van der Waals surface area contributed by atoms with Crippen LogP contribution < -0.4 is 0 Å². The molecular weight excluding hydrogens is 268 g/mol. The molecule has 2 aromatic carbocycles. The third-order valence-electron chi connectivity index (χ3n) is 2.76. The van der Waals surface area contributed by atoms with Gasteiger partial charge < -0.3 is 0 Å². The first-order chi connectivity index (χ1) is 9.21. The Labute approximate surface area is 121 Å². The van der Waals surface area contributed by atoms with Crippen LogP contribution in [0.1, 0.15) is 5.56 Å². The van der Waals surface area contributed by atoms with E-state index < -0.39 is 0 Å². The lowest BCUT2D eigenvalue weighted by Gasteiger charge is -2.25. The smallest absolute Gasteiger partial charge is 0.222 e. The van der Waals surface area contributed by atoms with Gasteiger partial charge in [0.15, 0.2) is 0 Å². The molecule has 0 spiro atoms. The Hall–Kier alpha value is -2.58. The molecule has 0 unspecified atom stereocenters. The fourth-order valence-corrected chi connectivity index (χ4v) is 2.12. The molecule has 0 amide bonds. The number of isocyanates is 2. The average molecular weight is 280 g/mol. The summed E-state index contributed by atoms with van der Waals surface area (Å²) in [5.74, 6) is 0. The summed E-state index contributed by atoms with van der Waals surface area (Å²) in [5.41, 5.74) is 7.06. The van der Waals surface area contributed by atoms with Crippen molar-refractivity contribution >= 4 is 23.1 Å². The fraction of sp³-hybridized carbons (Fsp3) is 0.0667. The van der Waals surface area contributed by atoms with Crippen LogP contribution in [0.2, 0.25) is 0 Å². The molecule has 4 nitrogen and oxygen atoms in total. The molecule has 1 aliphatic rings. The first-order valence-electron chi connectivity index (χ1n) is 5.48. The van der Waals surface area contributed by atoms with Gasteiger partial charge in [0.2, 0.25) is 12.2 Å². The van der Waals surface area contributed by atoms with Gasteiger partial charge in [0.1, 0.15) is 0 Å². The van der Waals surface area contributed by atoms with Gasteiger partial charge in [-0.05, 0) is 34.7 Å². The molecule has 5 heteroatoms. The molecule has 0 atom stereocenters. The summed E-state index contributed by atoms with van der Waals surface area (Å²) in [6, 6.07) is 15.1. The Morgan fingerprint density at radius 3 is 1.80 bits per heavy atom. The highest BCUT2D eigenvalue weighted by Crippen LogP contribution is 2.48. The van der Waals surface area contributed by atoms with Gasteiger partial charge in [0.05, 0.1) is 0 Å². The Morgan fingerprint density at radius 2 is 1.25 bits per heavy atom. The molecular formula is C15H12N2O2Si. The van der Waals surface area contributed by atoms with Crippen LogP contribution in [0, 0.1) is 17.7 Å². The van der Waals surface area contributed by atoms with E-state index in [1.54, 1.807) is 0 Å². The molecule has 0 saturated heterocycles. The van der Waals surface area contributed by atoms with Crippen LogP contribution in [-0.2, 0) is 9.59 Å². The van der Waals surface area contributed by atoms with Crippen molar-refractivity contribution in [1.82, 2.24) is 0 Å². The lowest BCUT2D eigenvalue weighted by atomic mass is 9.78. The lowest BCUT2D eigenvalue weighted by Crippen LogP contribution is -1.99. The SMILES string of the molecule is Cc1cccc2c1-c1ccccc1-2.N=C=O.N=C=O.[Si]. The molecule has 0 heterocycles. The Morgan fingerprint density at radius 1 is 0.800 bits per heavy atom. The Kier molecular flexibility index (Phi) is 7.41. The zero-order valence-corrected chi connectivity index (χ0v) is 11.9. The normalized spacial score (nSPS) is 8.25. The summed E-state index contributed by atoms with van der Waals surface area (Å²) in [6.45, 7) is 2.18. The zero-order chi connectivity index (χ0) is 14.3. The minimum atomic E-state index is 0. The summed E-state index contributed by atoms with van der Waals surface area (Å²) in [5, 5.41) is 10.8. The number of rotatable bonds is 0. The van der Waals surface area contributed by atoms with Crippen LogP contribution in [0.3, 0.4) is 0 Å².